The molecule has 1 radical (unpaired) electrons. The molecule has 0 aliphatic carbocycles. The third kappa shape index (κ3) is 1.42. The van der Waals surface area contributed by atoms with Gasteiger partial charge in [-0.1, -0.05) is 23.3 Å². The molecule has 0 fully saturated rings. The largest absolute Gasteiger partial charge is 0.359 e. The van der Waals surface area contributed by atoms with E-state index in [0.29, 0.717) is 0 Å². The van der Waals surface area contributed by atoms with E-state index in [9.17, 15) is 0 Å². The zero-order chi connectivity index (χ0) is 11.4. The summed E-state index contributed by atoms with van der Waals surface area (Å²) in [4.78, 5) is 2.20. The van der Waals surface area contributed by atoms with Crippen molar-refractivity contribution in [2.24, 2.45) is 5.10 Å². The second-order valence-electron chi connectivity index (χ2n) is 4.35. The van der Waals surface area contributed by atoms with Gasteiger partial charge in [0, 0.05) is 45.0 Å². The number of amidine groups is 1. The molecular weight excluding hydrogens is 301 g/mol. The number of allylic oxidation sites excluding steroid dienone is 2. The molecule has 0 saturated carbocycles. The van der Waals surface area contributed by atoms with Gasteiger partial charge >= 0.3 is 0 Å². The van der Waals surface area contributed by atoms with E-state index in [1.165, 1.54) is 6.04 Å². The first-order chi connectivity index (χ1) is 8.36. The average molecular weight is 313 g/mol. The SMILES string of the molecule is C[C-]1C2N3C=CC=CC3=NN2c2cccc[n+]21.[Y]. The number of pyridine rings is 1. The van der Waals surface area contributed by atoms with Gasteiger partial charge in [-0.15, -0.1) is 0 Å². The quantitative estimate of drug-likeness (QED) is 0.531. The molecule has 0 spiro atoms. The number of hydrogen-bond donors (Lipinski definition) is 0. The topological polar surface area (TPSA) is 22.7 Å². The third-order valence-corrected chi connectivity index (χ3v) is 3.40. The van der Waals surface area contributed by atoms with E-state index in [1.807, 2.05) is 30.4 Å². The van der Waals surface area contributed by atoms with Crippen molar-refractivity contribution in [3.63, 3.8) is 0 Å². The van der Waals surface area contributed by atoms with Crippen molar-refractivity contribution in [1.82, 2.24) is 4.90 Å². The van der Waals surface area contributed by atoms with Gasteiger partial charge in [-0.25, -0.2) is 0 Å². The maximum atomic E-state index is 4.66. The molecule has 1 atom stereocenters. The second kappa shape index (κ2) is 4.21. The van der Waals surface area contributed by atoms with Crippen molar-refractivity contribution < 1.29 is 37.3 Å². The van der Waals surface area contributed by atoms with Crippen LogP contribution >= 0.6 is 0 Å². The Labute approximate surface area is 131 Å². The van der Waals surface area contributed by atoms with E-state index in [4.69, 9.17) is 0 Å². The Morgan fingerprint density at radius 3 is 3.11 bits per heavy atom. The smallest absolute Gasteiger partial charge is 0.203 e. The van der Waals surface area contributed by atoms with Crippen molar-refractivity contribution in [3.05, 3.63) is 54.9 Å². The van der Waals surface area contributed by atoms with Gasteiger partial charge in [0.05, 0.1) is 0 Å². The molecule has 5 heteroatoms. The Hall–Kier alpha value is -1.13. The van der Waals surface area contributed by atoms with Crippen molar-refractivity contribution in [1.29, 1.82) is 0 Å². The molecular formula is C13H12N4Y. The molecule has 18 heavy (non-hydrogen) atoms. The van der Waals surface area contributed by atoms with Crippen LogP contribution in [0, 0.1) is 6.04 Å². The summed E-state index contributed by atoms with van der Waals surface area (Å²) in [5, 5.41) is 6.73. The van der Waals surface area contributed by atoms with E-state index in [2.05, 4.69) is 45.0 Å². The van der Waals surface area contributed by atoms with Crippen molar-refractivity contribution in [2.45, 2.75) is 13.1 Å². The average Bonchev–Trinajstić information content (AvgIpc) is 2.88. The Morgan fingerprint density at radius 1 is 1.33 bits per heavy atom. The van der Waals surface area contributed by atoms with E-state index in [-0.39, 0.29) is 38.9 Å². The maximum Gasteiger partial charge on any atom is 0.203 e. The predicted molar refractivity (Wildman–Crippen MR) is 64.8 cm³/mol. The van der Waals surface area contributed by atoms with Crippen LogP contribution in [-0.4, -0.2) is 16.9 Å². The molecule has 1 aromatic heterocycles. The van der Waals surface area contributed by atoms with Gasteiger partial charge in [0.15, 0.2) is 5.84 Å². The molecule has 1 aromatic rings. The molecule has 0 saturated heterocycles. The van der Waals surface area contributed by atoms with Crippen LogP contribution in [-0.2, 0) is 32.7 Å². The van der Waals surface area contributed by atoms with Crippen LogP contribution in [0.1, 0.15) is 6.92 Å². The van der Waals surface area contributed by atoms with Crippen molar-refractivity contribution >= 4 is 11.7 Å². The summed E-state index contributed by atoms with van der Waals surface area (Å²) in [6.07, 6.45) is 10.5. The number of nitrogens with zero attached hydrogens (tertiary/aromatic N) is 4. The zero-order valence-corrected chi connectivity index (χ0v) is 12.9. The Kier molecular flexibility index (Phi) is 2.79. The Balaban J connectivity index is 0.000001000. The fourth-order valence-corrected chi connectivity index (χ4v) is 2.62. The normalized spacial score (nSPS) is 22.4. The summed E-state index contributed by atoms with van der Waals surface area (Å²) in [5.74, 6) is 2.13. The Morgan fingerprint density at radius 2 is 2.22 bits per heavy atom. The first-order valence-corrected chi connectivity index (χ1v) is 5.72. The van der Waals surface area contributed by atoms with Gasteiger partial charge in [-0.2, -0.15) is 5.01 Å². The summed E-state index contributed by atoms with van der Waals surface area (Å²) < 4.78 is 2.19. The van der Waals surface area contributed by atoms with Crippen molar-refractivity contribution in [2.75, 3.05) is 5.01 Å². The van der Waals surface area contributed by atoms with Crippen LogP contribution in [0.2, 0.25) is 0 Å². The molecule has 0 bridgehead atoms. The van der Waals surface area contributed by atoms with Crippen LogP contribution in [0.25, 0.3) is 0 Å². The van der Waals surface area contributed by atoms with Crippen LogP contribution in [0.5, 0.6) is 0 Å². The van der Waals surface area contributed by atoms with Gasteiger partial charge in [0.2, 0.25) is 12.0 Å². The van der Waals surface area contributed by atoms with Gasteiger partial charge in [-0.05, 0) is 31.3 Å². The molecule has 0 aromatic carbocycles. The zero-order valence-electron chi connectivity index (χ0n) is 10.1. The number of hydrazone groups is 1. The molecule has 4 nitrogen and oxygen atoms in total. The minimum Gasteiger partial charge on any atom is -0.359 e. The number of fused-ring (bicyclic) bond motifs is 5. The minimum absolute atomic E-state index is 0. The number of hydrogen-bond acceptors (Lipinski definition) is 3. The molecule has 0 N–H and O–H groups in total. The van der Waals surface area contributed by atoms with Gasteiger partial charge < -0.3 is 4.57 Å². The van der Waals surface area contributed by atoms with Crippen LogP contribution in [0.15, 0.2) is 53.9 Å². The number of rotatable bonds is 0. The van der Waals surface area contributed by atoms with Gasteiger partial charge in [-0.3, -0.25) is 4.90 Å². The summed E-state index contributed by atoms with van der Waals surface area (Å²) >= 11 is 0. The number of anilines is 1. The third-order valence-electron chi connectivity index (χ3n) is 3.40. The summed E-state index contributed by atoms with van der Waals surface area (Å²) in [7, 11) is 0. The Bertz CT molecular complexity index is 578. The number of aromatic nitrogens is 1. The summed E-state index contributed by atoms with van der Waals surface area (Å²) in [6.45, 7) is 2.15. The van der Waals surface area contributed by atoms with Gasteiger partial charge in [0.1, 0.15) is 0 Å². The molecule has 4 rings (SSSR count). The van der Waals surface area contributed by atoms with E-state index < -0.39 is 0 Å². The maximum absolute atomic E-state index is 4.66. The molecule has 0 amide bonds. The fraction of sp³-hybridized carbons (Fsp3) is 0.154. The van der Waals surface area contributed by atoms with E-state index in [1.54, 1.807) is 0 Å². The van der Waals surface area contributed by atoms with E-state index in [0.717, 1.165) is 11.7 Å². The monoisotopic (exact) mass is 313 g/mol. The van der Waals surface area contributed by atoms with Crippen LogP contribution in [0.4, 0.5) is 5.82 Å². The molecule has 87 valence electrons. The molecule has 3 aliphatic heterocycles. The van der Waals surface area contributed by atoms with Crippen LogP contribution in [0.3, 0.4) is 0 Å². The first kappa shape index (κ1) is 11.9. The first-order valence-electron chi connectivity index (χ1n) is 5.72. The predicted octanol–water partition coefficient (Wildman–Crippen LogP) is 1.23. The van der Waals surface area contributed by atoms with Crippen molar-refractivity contribution in [3.8, 4) is 0 Å². The summed E-state index contributed by atoms with van der Waals surface area (Å²) in [5.41, 5.74) is 0. The molecule has 1 unspecified atom stereocenters. The summed E-state index contributed by atoms with van der Waals surface area (Å²) in [6, 6.07) is 7.47. The second-order valence-corrected chi connectivity index (χ2v) is 4.35. The van der Waals surface area contributed by atoms with E-state index >= 15 is 0 Å². The fourth-order valence-electron chi connectivity index (χ4n) is 2.62. The molecule has 4 heterocycles. The minimum atomic E-state index is 0. The van der Waals surface area contributed by atoms with Crippen LogP contribution < -0.4 is 9.58 Å². The standard InChI is InChI=1S/C13H12N4.Y/c1-10-13-16-9-4-2-6-11(16)14-17(13)12-7-3-5-8-15(10)12;/h2-9,13H,1H3;. The molecule has 3 aliphatic rings. The van der Waals surface area contributed by atoms with Gasteiger partial charge in [0.25, 0.3) is 0 Å².